The normalized spacial score (nSPS) is 26.5. The van der Waals surface area contributed by atoms with Crippen LogP contribution >= 0.6 is 11.3 Å². The summed E-state index contributed by atoms with van der Waals surface area (Å²) in [5.41, 5.74) is 0. The third-order valence-corrected chi connectivity index (χ3v) is 5.75. The van der Waals surface area contributed by atoms with Crippen molar-refractivity contribution >= 4 is 17.3 Å². The van der Waals surface area contributed by atoms with Crippen LogP contribution < -0.4 is 0 Å². The van der Waals surface area contributed by atoms with Gasteiger partial charge in [0, 0.05) is 6.42 Å². The summed E-state index contributed by atoms with van der Waals surface area (Å²) in [4.78, 5) is 17.2. The van der Waals surface area contributed by atoms with Crippen LogP contribution in [0.4, 0.5) is 0 Å². The Morgan fingerprint density at radius 3 is 3.09 bits per heavy atom. The second-order valence-electron chi connectivity index (χ2n) is 6.29. The van der Waals surface area contributed by atoms with E-state index >= 15 is 0 Å². The smallest absolute Gasteiger partial charge is 0.306 e. The zero-order valence-corrected chi connectivity index (χ0v) is 13.1. The van der Waals surface area contributed by atoms with Crippen molar-refractivity contribution in [1.29, 1.82) is 0 Å². The number of aromatic nitrogens is 2. The van der Waals surface area contributed by atoms with Crippen molar-refractivity contribution in [3.63, 3.8) is 0 Å². The molecule has 0 spiro atoms. The van der Waals surface area contributed by atoms with E-state index in [0.29, 0.717) is 24.1 Å². The highest BCUT2D eigenvalue weighted by Crippen LogP contribution is 2.49. The lowest BCUT2D eigenvalue weighted by Crippen LogP contribution is -2.17. The molecule has 6 heteroatoms. The Kier molecular flexibility index (Phi) is 3.70. The first-order valence-corrected chi connectivity index (χ1v) is 8.68. The minimum Gasteiger partial charge on any atom is -0.456 e. The van der Waals surface area contributed by atoms with E-state index in [2.05, 4.69) is 10.1 Å². The van der Waals surface area contributed by atoms with E-state index in [9.17, 15) is 4.79 Å². The van der Waals surface area contributed by atoms with Crippen LogP contribution in [0, 0.1) is 17.8 Å². The summed E-state index contributed by atoms with van der Waals surface area (Å²) in [5.74, 6) is 2.88. The molecule has 5 nitrogen and oxygen atoms in total. The van der Waals surface area contributed by atoms with Gasteiger partial charge in [0.25, 0.3) is 5.89 Å². The molecule has 0 radical (unpaired) electrons. The van der Waals surface area contributed by atoms with Crippen molar-refractivity contribution in [1.82, 2.24) is 10.1 Å². The number of ether oxygens (including phenoxy) is 1. The first-order valence-electron chi connectivity index (χ1n) is 7.80. The molecule has 2 saturated carbocycles. The molecule has 2 bridgehead atoms. The minimum atomic E-state index is -0.145. The van der Waals surface area contributed by atoms with Gasteiger partial charge in [-0.1, -0.05) is 17.6 Å². The lowest BCUT2D eigenvalue weighted by Gasteiger charge is -2.20. The van der Waals surface area contributed by atoms with Gasteiger partial charge >= 0.3 is 5.97 Å². The maximum absolute atomic E-state index is 12.0. The molecule has 4 rings (SSSR count). The molecule has 0 aromatic carbocycles. The van der Waals surface area contributed by atoms with Gasteiger partial charge < -0.3 is 9.26 Å². The minimum absolute atomic E-state index is 0.0675. The highest BCUT2D eigenvalue weighted by Gasteiger charge is 2.40. The number of thiophene rings is 1. The summed E-state index contributed by atoms with van der Waals surface area (Å²) in [6, 6.07) is 3.87. The summed E-state index contributed by atoms with van der Waals surface area (Å²) in [5, 5.41) is 5.86. The van der Waals surface area contributed by atoms with Crippen molar-refractivity contribution in [3.05, 3.63) is 23.4 Å². The summed E-state index contributed by atoms with van der Waals surface area (Å²) >= 11 is 1.55. The van der Waals surface area contributed by atoms with Crippen molar-refractivity contribution in [2.75, 3.05) is 0 Å². The van der Waals surface area contributed by atoms with Crippen LogP contribution in [-0.4, -0.2) is 16.1 Å². The predicted molar refractivity (Wildman–Crippen MR) is 81.0 cm³/mol. The molecule has 3 atom stereocenters. The van der Waals surface area contributed by atoms with Crippen LogP contribution in [0.3, 0.4) is 0 Å². The van der Waals surface area contributed by atoms with E-state index in [1.54, 1.807) is 11.3 Å². The van der Waals surface area contributed by atoms with E-state index in [1.807, 2.05) is 17.5 Å². The van der Waals surface area contributed by atoms with E-state index in [1.165, 1.54) is 25.7 Å². The Morgan fingerprint density at radius 2 is 2.36 bits per heavy atom. The molecule has 0 saturated heterocycles. The van der Waals surface area contributed by atoms with Crippen molar-refractivity contribution in [2.24, 2.45) is 17.8 Å². The van der Waals surface area contributed by atoms with Gasteiger partial charge in [0.05, 0.1) is 4.88 Å². The van der Waals surface area contributed by atoms with Gasteiger partial charge in [-0.15, -0.1) is 11.3 Å². The van der Waals surface area contributed by atoms with Gasteiger partial charge in [0.1, 0.15) is 0 Å². The van der Waals surface area contributed by atoms with E-state index in [0.717, 1.165) is 16.7 Å². The quantitative estimate of drug-likeness (QED) is 0.787. The topological polar surface area (TPSA) is 65.2 Å². The average Bonchev–Trinajstić information content (AvgIpc) is 3.27. The molecule has 0 aliphatic heterocycles. The molecule has 116 valence electrons. The number of carbonyl (C=O) groups is 1. The Morgan fingerprint density at radius 1 is 1.41 bits per heavy atom. The number of hydrogen-bond donors (Lipinski definition) is 0. The zero-order chi connectivity index (χ0) is 14.9. The maximum Gasteiger partial charge on any atom is 0.306 e. The van der Waals surface area contributed by atoms with Crippen LogP contribution in [0.2, 0.25) is 0 Å². The standard InChI is InChI=1S/C16H18N2O3S/c19-15(8-12-7-10-3-4-11(12)6-10)20-9-14-17-16(18-21-14)13-2-1-5-22-13/h1-2,5,10-12H,3-4,6-9H2/t10-,11-,12-/m1/s1. The van der Waals surface area contributed by atoms with Crippen LogP contribution in [0.5, 0.6) is 0 Å². The fourth-order valence-electron chi connectivity index (χ4n) is 3.86. The lowest BCUT2D eigenvalue weighted by molar-refractivity contribution is -0.147. The highest BCUT2D eigenvalue weighted by atomic mass is 32.1. The van der Waals surface area contributed by atoms with E-state index in [4.69, 9.17) is 9.26 Å². The van der Waals surface area contributed by atoms with Crippen LogP contribution in [-0.2, 0) is 16.1 Å². The Labute approximate surface area is 132 Å². The summed E-state index contributed by atoms with van der Waals surface area (Å²) < 4.78 is 10.4. The molecule has 0 unspecified atom stereocenters. The molecule has 0 N–H and O–H groups in total. The molecule has 2 aliphatic carbocycles. The third kappa shape index (κ3) is 2.79. The van der Waals surface area contributed by atoms with Crippen molar-refractivity contribution in [2.45, 2.75) is 38.7 Å². The molecule has 2 aliphatic rings. The van der Waals surface area contributed by atoms with E-state index < -0.39 is 0 Å². The fraction of sp³-hybridized carbons (Fsp3) is 0.562. The monoisotopic (exact) mass is 318 g/mol. The molecule has 2 heterocycles. The summed E-state index contributed by atoms with van der Waals surface area (Å²) in [6.45, 7) is 0.0675. The van der Waals surface area contributed by atoms with Gasteiger partial charge in [-0.2, -0.15) is 4.98 Å². The number of nitrogens with zero attached hydrogens (tertiary/aromatic N) is 2. The number of carbonyl (C=O) groups excluding carboxylic acids is 1. The Bertz CT molecular complexity index is 652. The van der Waals surface area contributed by atoms with Crippen LogP contribution in [0.1, 0.15) is 38.0 Å². The number of fused-ring (bicyclic) bond motifs is 2. The number of rotatable bonds is 5. The van der Waals surface area contributed by atoms with Gasteiger partial charge in [-0.3, -0.25) is 4.79 Å². The van der Waals surface area contributed by atoms with Gasteiger partial charge in [-0.25, -0.2) is 0 Å². The van der Waals surface area contributed by atoms with E-state index in [-0.39, 0.29) is 12.6 Å². The van der Waals surface area contributed by atoms with Gasteiger partial charge in [0.15, 0.2) is 6.61 Å². The van der Waals surface area contributed by atoms with Crippen LogP contribution in [0.15, 0.2) is 22.0 Å². The predicted octanol–water partition coefficient (Wildman–Crippen LogP) is 3.67. The Hall–Kier alpha value is -1.69. The number of hydrogen-bond acceptors (Lipinski definition) is 6. The van der Waals surface area contributed by atoms with Gasteiger partial charge in [-0.05, 0) is 48.5 Å². The fourth-order valence-corrected chi connectivity index (χ4v) is 4.51. The van der Waals surface area contributed by atoms with Crippen molar-refractivity contribution < 1.29 is 14.1 Å². The first-order chi connectivity index (χ1) is 10.8. The maximum atomic E-state index is 12.0. The molecule has 2 aromatic rings. The Balaban J connectivity index is 1.28. The molecular weight excluding hydrogens is 300 g/mol. The lowest BCUT2D eigenvalue weighted by atomic mass is 9.86. The molecule has 2 aromatic heterocycles. The SMILES string of the molecule is O=C(C[C@H]1C[C@@H]2CC[C@@H]1C2)OCc1nc(-c2cccs2)no1. The first kappa shape index (κ1) is 13.9. The number of esters is 1. The van der Waals surface area contributed by atoms with Crippen molar-refractivity contribution in [3.8, 4) is 10.7 Å². The molecule has 22 heavy (non-hydrogen) atoms. The van der Waals surface area contributed by atoms with Gasteiger partial charge in [0.2, 0.25) is 5.82 Å². The van der Waals surface area contributed by atoms with Crippen LogP contribution in [0.25, 0.3) is 10.7 Å². The molecular formula is C16H18N2O3S. The second kappa shape index (κ2) is 5.83. The summed E-state index contributed by atoms with van der Waals surface area (Å²) in [7, 11) is 0. The second-order valence-corrected chi connectivity index (χ2v) is 7.24. The zero-order valence-electron chi connectivity index (χ0n) is 12.2. The average molecular weight is 318 g/mol. The highest BCUT2D eigenvalue weighted by molar-refractivity contribution is 7.13. The molecule has 2 fully saturated rings. The summed E-state index contributed by atoms with van der Waals surface area (Å²) in [6.07, 6.45) is 5.68. The third-order valence-electron chi connectivity index (χ3n) is 4.88. The molecule has 0 amide bonds. The largest absolute Gasteiger partial charge is 0.456 e.